The summed E-state index contributed by atoms with van der Waals surface area (Å²) < 4.78 is 0. The highest BCUT2D eigenvalue weighted by molar-refractivity contribution is 7.73. The van der Waals surface area contributed by atoms with Crippen molar-refractivity contribution in [3.63, 3.8) is 0 Å². The second-order valence-electron chi connectivity index (χ2n) is 3.55. The summed E-state index contributed by atoms with van der Waals surface area (Å²) in [6, 6.07) is 20.9. The average molecular weight is 230 g/mol. The highest BCUT2D eigenvalue weighted by atomic mass is 31.1. The molecule has 0 radical (unpaired) electrons. The molecule has 0 fully saturated rings. The van der Waals surface area contributed by atoms with E-state index in [1.807, 2.05) is 12.1 Å². The van der Waals surface area contributed by atoms with Crippen LogP contribution < -0.4 is 10.6 Å². The van der Waals surface area contributed by atoms with Gasteiger partial charge in [-0.1, -0.05) is 60.7 Å². The first-order valence-electron chi connectivity index (χ1n) is 5.40. The first-order chi connectivity index (χ1) is 7.92. The minimum absolute atomic E-state index is 0.246. The van der Waals surface area contributed by atoms with Gasteiger partial charge in [0.2, 0.25) is 0 Å². The zero-order chi connectivity index (χ0) is 11.2. The molecular weight excluding hydrogens is 215 g/mol. The van der Waals surface area contributed by atoms with E-state index in [4.69, 9.17) is 0 Å². The third-order valence-corrected chi connectivity index (χ3v) is 4.95. The van der Waals surface area contributed by atoms with E-state index in [9.17, 15) is 5.11 Å². The molecular formula is C14H15OP. The fourth-order valence-electron chi connectivity index (χ4n) is 1.72. The van der Waals surface area contributed by atoms with Crippen molar-refractivity contribution >= 4 is 18.5 Å². The van der Waals surface area contributed by atoms with Crippen molar-refractivity contribution in [3.05, 3.63) is 60.7 Å². The zero-order valence-corrected chi connectivity index (χ0v) is 9.98. The van der Waals surface area contributed by atoms with E-state index < -0.39 is 7.92 Å². The van der Waals surface area contributed by atoms with Crippen LogP contribution in [0.15, 0.2) is 60.7 Å². The molecule has 0 aromatic heterocycles. The Morgan fingerprint density at radius 1 is 0.750 bits per heavy atom. The van der Waals surface area contributed by atoms with Gasteiger partial charge in [-0.25, -0.2) is 0 Å². The van der Waals surface area contributed by atoms with E-state index >= 15 is 0 Å². The Hall–Kier alpha value is -1.17. The number of benzene rings is 2. The van der Waals surface area contributed by atoms with Gasteiger partial charge in [-0.15, -0.1) is 0 Å². The summed E-state index contributed by atoms with van der Waals surface area (Å²) in [6.45, 7) is 0.246. The molecule has 2 aromatic carbocycles. The van der Waals surface area contributed by atoms with Crippen LogP contribution in [0.5, 0.6) is 0 Å². The number of hydrogen-bond acceptors (Lipinski definition) is 1. The molecule has 0 unspecified atom stereocenters. The largest absolute Gasteiger partial charge is 0.396 e. The number of aliphatic hydroxyl groups is 1. The van der Waals surface area contributed by atoms with E-state index in [0.29, 0.717) is 0 Å². The SMILES string of the molecule is OCCP(c1ccccc1)c1ccccc1. The second-order valence-corrected chi connectivity index (χ2v) is 5.88. The van der Waals surface area contributed by atoms with Gasteiger partial charge in [0.15, 0.2) is 0 Å². The Balaban J connectivity index is 2.31. The van der Waals surface area contributed by atoms with Crippen molar-refractivity contribution < 1.29 is 5.11 Å². The van der Waals surface area contributed by atoms with Crippen LogP contribution >= 0.6 is 7.92 Å². The molecule has 0 spiro atoms. The molecule has 0 aliphatic heterocycles. The molecule has 0 aliphatic rings. The molecule has 1 nitrogen and oxygen atoms in total. The molecule has 0 aliphatic carbocycles. The summed E-state index contributed by atoms with van der Waals surface area (Å²) in [5.41, 5.74) is 0. The zero-order valence-electron chi connectivity index (χ0n) is 9.08. The van der Waals surface area contributed by atoms with Gasteiger partial charge in [0.25, 0.3) is 0 Å². The van der Waals surface area contributed by atoms with E-state index in [2.05, 4.69) is 48.5 Å². The minimum atomic E-state index is -0.401. The van der Waals surface area contributed by atoms with Crippen LogP contribution in [0.2, 0.25) is 0 Å². The molecule has 0 bridgehead atoms. The average Bonchev–Trinajstić information content (AvgIpc) is 2.38. The maximum Gasteiger partial charge on any atom is 0.0476 e. The minimum Gasteiger partial charge on any atom is -0.396 e. The lowest BCUT2D eigenvalue weighted by atomic mass is 10.4. The molecule has 2 rings (SSSR count). The number of rotatable bonds is 4. The first-order valence-corrected chi connectivity index (χ1v) is 6.93. The first kappa shape index (κ1) is 11.3. The van der Waals surface area contributed by atoms with Crippen molar-refractivity contribution in [2.75, 3.05) is 12.8 Å². The van der Waals surface area contributed by atoms with Crippen LogP contribution in [0.3, 0.4) is 0 Å². The maximum absolute atomic E-state index is 9.18. The van der Waals surface area contributed by atoms with Crippen molar-refractivity contribution in [3.8, 4) is 0 Å². The van der Waals surface area contributed by atoms with Crippen LogP contribution in [0.1, 0.15) is 0 Å². The van der Waals surface area contributed by atoms with E-state index in [1.165, 1.54) is 10.6 Å². The highest BCUT2D eigenvalue weighted by Crippen LogP contribution is 2.32. The molecule has 2 aromatic rings. The van der Waals surface area contributed by atoms with Gasteiger partial charge in [-0.2, -0.15) is 0 Å². The Kier molecular flexibility index (Phi) is 4.10. The summed E-state index contributed by atoms with van der Waals surface area (Å²) in [6.07, 6.45) is 0.837. The molecule has 0 saturated carbocycles. The van der Waals surface area contributed by atoms with Crippen LogP contribution in [-0.4, -0.2) is 17.9 Å². The van der Waals surface area contributed by atoms with Crippen molar-refractivity contribution in [1.82, 2.24) is 0 Å². The van der Waals surface area contributed by atoms with Gasteiger partial charge in [0.1, 0.15) is 0 Å². The summed E-state index contributed by atoms with van der Waals surface area (Å²) >= 11 is 0. The summed E-state index contributed by atoms with van der Waals surface area (Å²) in [5, 5.41) is 11.8. The Morgan fingerprint density at radius 2 is 1.19 bits per heavy atom. The van der Waals surface area contributed by atoms with Crippen LogP contribution in [0, 0.1) is 0 Å². The lowest BCUT2D eigenvalue weighted by molar-refractivity contribution is 0.322. The lowest BCUT2D eigenvalue weighted by Gasteiger charge is -2.17. The topological polar surface area (TPSA) is 20.2 Å². The van der Waals surface area contributed by atoms with Crippen LogP contribution in [0.25, 0.3) is 0 Å². The highest BCUT2D eigenvalue weighted by Gasteiger charge is 2.11. The normalized spacial score (nSPS) is 10.6. The molecule has 0 heterocycles. The molecule has 0 atom stereocenters. The van der Waals surface area contributed by atoms with Gasteiger partial charge in [-0.05, 0) is 24.7 Å². The van der Waals surface area contributed by atoms with E-state index in [1.54, 1.807) is 0 Å². The number of hydrogen-bond donors (Lipinski definition) is 1. The summed E-state index contributed by atoms with van der Waals surface area (Å²) in [4.78, 5) is 0. The maximum atomic E-state index is 9.18. The van der Waals surface area contributed by atoms with Crippen molar-refractivity contribution in [2.45, 2.75) is 0 Å². The molecule has 82 valence electrons. The Bertz CT molecular complexity index is 374. The summed E-state index contributed by atoms with van der Waals surface area (Å²) in [7, 11) is -0.401. The van der Waals surface area contributed by atoms with E-state index in [0.717, 1.165) is 6.16 Å². The molecule has 0 saturated heterocycles. The fraction of sp³-hybridized carbons (Fsp3) is 0.143. The third-order valence-electron chi connectivity index (χ3n) is 2.46. The Labute approximate surface area is 97.5 Å². The van der Waals surface area contributed by atoms with Gasteiger partial charge in [0, 0.05) is 6.61 Å². The third kappa shape index (κ3) is 2.69. The quantitative estimate of drug-likeness (QED) is 0.798. The van der Waals surface area contributed by atoms with E-state index in [-0.39, 0.29) is 6.61 Å². The fourth-order valence-corrected chi connectivity index (χ4v) is 3.80. The molecule has 0 amide bonds. The molecule has 2 heteroatoms. The smallest absolute Gasteiger partial charge is 0.0476 e. The predicted octanol–water partition coefficient (Wildman–Crippen LogP) is 2.11. The lowest BCUT2D eigenvalue weighted by Crippen LogP contribution is -2.15. The van der Waals surface area contributed by atoms with Crippen molar-refractivity contribution in [2.24, 2.45) is 0 Å². The van der Waals surface area contributed by atoms with Crippen molar-refractivity contribution in [1.29, 1.82) is 0 Å². The molecule has 16 heavy (non-hydrogen) atoms. The predicted molar refractivity (Wildman–Crippen MR) is 71.0 cm³/mol. The Morgan fingerprint density at radius 3 is 1.56 bits per heavy atom. The van der Waals surface area contributed by atoms with Crippen LogP contribution in [0.4, 0.5) is 0 Å². The van der Waals surface area contributed by atoms with Gasteiger partial charge in [0.05, 0.1) is 0 Å². The number of aliphatic hydroxyl groups excluding tert-OH is 1. The standard InChI is InChI=1S/C14H15OP/c15-11-12-16(13-7-3-1-4-8-13)14-9-5-2-6-10-14/h1-10,15H,11-12H2. The molecule has 1 N–H and O–H groups in total. The monoisotopic (exact) mass is 230 g/mol. The van der Waals surface area contributed by atoms with Gasteiger partial charge in [-0.3, -0.25) is 0 Å². The summed E-state index contributed by atoms with van der Waals surface area (Å²) in [5.74, 6) is 0. The van der Waals surface area contributed by atoms with Gasteiger partial charge < -0.3 is 5.11 Å². The van der Waals surface area contributed by atoms with Crippen LogP contribution in [-0.2, 0) is 0 Å². The second kappa shape index (κ2) is 5.79. The van der Waals surface area contributed by atoms with Gasteiger partial charge >= 0.3 is 0 Å².